The number of benzene rings is 2. The van der Waals surface area contributed by atoms with E-state index >= 15 is 0 Å². The first kappa shape index (κ1) is 28.3. The molecule has 210 valence electrons. The van der Waals surface area contributed by atoms with Crippen molar-refractivity contribution in [1.82, 2.24) is 9.80 Å². The number of aliphatic hydroxyl groups excluding tert-OH is 1. The number of carbonyl (C=O) groups excluding carboxylic acids is 2. The van der Waals surface area contributed by atoms with Crippen LogP contribution in [0, 0.1) is 0 Å². The molecule has 2 aromatic carbocycles. The third kappa shape index (κ3) is 6.30. The molecule has 0 aromatic heterocycles. The summed E-state index contributed by atoms with van der Waals surface area (Å²) in [6.07, 6.45) is 3.10. The smallest absolute Gasteiger partial charge is 0.295 e. The monoisotopic (exact) mass is 538 g/mol. The minimum absolute atomic E-state index is 0.0227. The standard InChI is InChI=1S/C30H38N2O7/c1-5-7-8-15-37-22-11-9-20(18-24(22)36-6-2)27-26(29(34)30(35)32(27)14-13-31(3)4)28(33)21-10-12-23-25(19-21)39-17-16-38-23/h9-12,18-19,27,33H,5-8,13-17H2,1-4H3/t27-/m0/s1. The fourth-order valence-corrected chi connectivity index (χ4v) is 4.73. The Bertz CT molecular complexity index is 1220. The number of likely N-dealkylation sites (N-methyl/N-ethyl adjacent to an activating group) is 1. The fourth-order valence-electron chi connectivity index (χ4n) is 4.73. The van der Waals surface area contributed by atoms with Crippen molar-refractivity contribution in [3.63, 3.8) is 0 Å². The van der Waals surface area contributed by atoms with E-state index in [9.17, 15) is 14.7 Å². The second kappa shape index (κ2) is 12.9. The molecule has 9 heteroatoms. The van der Waals surface area contributed by atoms with Gasteiger partial charge in [0.1, 0.15) is 19.0 Å². The Morgan fingerprint density at radius 2 is 1.77 bits per heavy atom. The SMILES string of the molecule is CCCCCOc1ccc([C@H]2C(=C(O)c3ccc4c(c3)OCCO4)C(=O)C(=O)N2CCN(C)C)cc1OCC. The normalized spacial score (nSPS) is 18.1. The van der Waals surface area contributed by atoms with Crippen molar-refractivity contribution in [3.8, 4) is 23.0 Å². The van der Waals surface area contributed by atoms with Crippen LogP contribution in [0.1, 0.15) is 50.3 Å². The number of ketones is 1. The maximum atomic E-state index is 13.4. The zero-order chi connectivity index (χ0) is 27.9. The Kier molecular flexibility index (Phi) is 9.35. The maximum absolute atomic E-state index is 13.4. The molecule has 1 saturated heterocycles. The summed E-state index contributed by atoms with van der Waals surface area (Å²) in [7, 11) is 3.80. The number of fused-ring (bicyclic) bond motifs is 1. The molecule has 2 aliphatic heterocycles. The Hall–Kier alpha value is -3.72. The first-order chi connectivity index (χ1) is 18.8. The molecule has 2 heterocycles. The number of carbonyl (C=O) groups is 2. The van der Waals surface area contributed by atoms with E-state index in [1.807, 2.05) is 38.1 Å². The predicted molar refractivity (Wildman–Crippen MR) is 148 cm³/mol. The summed E-state index contributed by atoms with van der Waals surface area (Å²) in [5.41, 5.74) is 1.04. The topological polar surface area (TPSA) is 97.8 Å². The van der Waals surface area contributed by atoms with Crippen LogP contribution >= 0.6 is 0 Å². The summed E-state index contributed by atoms with van der Waals surface area (Å²) < 4.78 is 23.1. The minimum Gasteiger partial charge on any atom is -0.507 e. The molecule has 2 aliphatic rings. The first-order valence-corrected chi connectivity index (χ1v) is 13.6. The highest BCUT2D eigenvalue weighted by atomic mass is 16.6. The maximum Gasteiger partial charge on any atom is 0.295 e. The van der Waals surface area contributed by atoms with Gasteiger partial charge in [0.25, 0.3) is 11.7 Å². The van der Waals surface area contributed by atoms with Crippen LogP contribution in [0.25, 0.3) is 5.76 Å². The second-order valence-electron chi connectivity index (χ2n) is 9.85. The minimum atomic E-state index is -0.800. The molecule has 1 N–H and O–H groups in total. The van der Waals surface area contributed by atoms with Gasteiger partial charge in [-0.2, -0.15) is 0 Å². The molecule has 1 amide bonds. The number of Topliss-reactive ketones (excluding diaryl/α,β-unsaturated/α-hetero) is 1. The molecule has 9 nitrogen and oxygen atoms in total. The van der Waals surface area contributed by atoms with Crippen LogP contribution in [0.15, 0.2) is 42.0 Å². The number of hydrogen-bond acceptors (Lipinski definition) is 8. The average molecular weight is 539 g/mol. The van der Waals surface area contributed by atoms with E-state index in [0.717, 1.165) is 19.3 Å². The van der Waals surface area contributed by atoms with Gasteiger partial charge in [0, 0.05) is 18.7 Å². The van der Waals surface area contributed by atoms with Gasteiger partial charge in [0.05, 0.1) is 24.8 Å². The predicted octanol–water partition coefficient (Wildman–Crippen LogP) is 4.41. The van der Waals surface area contributed by atoms with Crippen molar-refractivity contribution in [2.75, 3.05) is 53.6 Å². The van der Waals surface area contributed by atoms with E-state index in [2.05, 4.69) is 6.92 Å². The van der Waals surface area contributed by atoms with Gasteiger partial charge in [0.15, 0.2) is 23.0 Å². The van der Waals surface area contributed by atoms with E-state index in [1.165, 1.54) is 4.90 Å². The van der Waals surface area contributed by atoms with Gasteiger partial charge in [-0.25, -0.2) is 0 Å². The summed E-state index contributed by atoms with van der Waals surface area (Å²) in [5.74, 6) is 0.532. The summed E-state index contributed by atoms with van der Waals surface area (Å²) in [6, 6.07) is 9.62. The molecule has 0 aliphatic carbocycles. The van der Waals surface area contributed by atoms with Gasteiger partial charge in [-0.15, -0.1) is 0 Å². The lowest BCUT2D eigenvalue weighted by Gasteiger charge is -2.27. The quantitative estimate of drug-likeness (QED) is 0.184. The average Bonchev–Trinajstić information content (AvgIpc) is 3.19. The third-order valence-electron chi connectivity index (χ3n) is 6.73. The van der Waals surface area contributed by atoms with Gasteiger partial charge in [-0.3, -0.25) is 9.59 Å². The van der Waals surface area contributed by atoms with Crippen LogP contribution < -0.4 is 18.9 Å². The molecule has 4 rings (SSSR count). The highest BCUT2D eigenvalue weighted by Gasteiger charge is 2.46. The molecular weight excluding hydrogens is 500 g/mol. The number of rotatable bonds is 12. The summed E-state index contributed by atoms with van der Waals surface area (Å²) in [4.78, 5) is 30.1. The van der Waals surface area contributed by atoms with Crippen molar-refractivity contribution in [1.29, 1.82) is 0 Å². The molecule has 1 atom stereocenters. The number of amides is 1. The van der Waals surface area contributed by atoms with Crippen molar-refractivity contribution in [3.05, 3.63) is 53.1 Å². The van der Waals surface area contributed by atoms with E-state index in [1.54, 1.807) is 24.3 Å². The van der Waals surface area contributed by atoms with Crippen molar-refractivity contribution >= 4 is 17.4 Å². The zero-order valence-electron chi connectivity index (χ0n) is 23.2. The zero-order valence-corrected chi connectivity index (χ0v) is 23.2. The van der Waals surface area contributed by atoms with Crippen molar-refractivity contribution < 1.29 is 33.6 Å². The number of ether oxygens (including phenoxy) is 4. The molecule has 0 bridgehead atoms. The molecule has 0 spiro atoms. The summed E-state index contributed by atoms with van der Waals surface area (Å²) in [6.45, 7) is 6.70. The molecular formula is C30H38N2O7. The van der Waals surface area contributed by atoms with Gasteiger partial charge in [0.2, 0.25) is 0 Å². The highest BCUT2D eigenvalue weighted by Crippen LogP contribution is 2.43. The van der Waals surface area contributed by atoms with Gasteiger partial charge >= 0.3 is 0 Å². The first-order valence-electron chi connectivity index (χ1n) is 13.6. The van der Waals surface area contributed by atoms with E-state index in [-0.39, 0.29) is 11.3 Å². The number of aliphatic hydroxyl groups is 1. The Balaban J connectivity index is 1.77. The van der Waals surface area contributed by atoms with E-state index < -0.39 is 17.7 Å². The lowest BCUT2D eigenvalue weighted by Crippen LogP contribution is -2.35. The van der Waals surface area contributed by atoms with Crippen LogP contribution in [0.3, 0.4) is 0 Å². The second-order valence-corrected chi connectivity index (χ2v) is 9.85. The molecule has 0 radical (unpaired) electrons. The van der Waals surface area contributed by atoms with Gasteiger partial charge in [-0.05, 0) is 63.3 Å². The lowest BCUT2D eigenvalue weighted by molar-refractivity contribution is -0.140. The van der Waals surface area contributed by atoms with Crippen molar-refractivity contribution in [2.24, 2.45) is 0 Å². The molecule has 39 heavy (non-hydrogen) atoms. The Labute approximate surface area is 229 Å². The van der Waals surface area contributed by atoms with Crippen molar-refractivity contribution in [2.45, 2.75) is 39.2 Å². The fraction of sp³-hybridized carbons (Fsp3) is 0.467. The molecule has 0 saturated carbocycles. The third-order valence-corrected chi connectivity index (χ3v) is 6.73. The van der Waals surface area contributed by atoms with Crippen LogP contribution in [0.5, 0.6) is 23.0 Å². The molecule has 2 aromatic rings. The van der Waals surface area contributed by atoms with E-state index in [0.29, 0.717) is 73.6 Å². The summed E-state index contributed by atoms with van der Waals surface area (Å²) in [5, 5.41) is 11.4. The van der Waals surface area contributed by atoms with Crippen LogP contribution in [0.2, 0.25) is 0 Å². The van der Waals surface area contributed by atoms with Crippen LogP contribution in [-0.2, 0) is 9.59 Å². The molecule has 1 fully saturated rings. The largest absolute Gasteiger partial charge is 0.507 e. The van der Waals surface area contributed by atoms with E-state index in [4.69, 9.17) is 18.9 Å². The Morgan fingerprint density at radius 3 is 2.49 bits per heavy atom. The highest BCUT2D eigenvalue weighted by molar-refractivity contribution is 6.46. The lowest BCUT2D eigenvalue weighted by atomic mass is 9.94. The van der Waals surface area contributed by atoms with Crippen LogP contribution in [0.4, 0.5) is 0 Å². The number of nitrogens with zero attached hydrogens (tertiary/aromatic N) is 2. The summed E-state index contributed by atoms with van der Waals surface area (Å²) >= 11 is 0. The number of likely N-dealkylation sites (tertiary alicyclic amines) is 1. The van der Waals surface area contributed by atoms with Gasteiger partial charge in [-0.1, -0.05) is 25.8 Å². The number of hydrogen-bond donors (Lipinski definition) is 1. The number of unbranched alkanes of at least 4 members (excludes halogenated alkanes) is 2. The molecule has 0 unspecified atom stereocenters. The Morgan fingerprint density at radius 1 is 1.00 bits per heavy atom. The van der Waals surface area contributed by atoms with Crippen LogP contribution in [-0.4, -0.2) is 80.2 Å². The van der Waals surface area contributed by atoms with Gasteiger partial charge < -0.3 is 33.9 Å².